The maximum atomic E-state index is 13.2. The van der Waals surface area contributed by atoms with Crippen LogP contribution in [0.15, 0.2) is 84.9 Å². The number of non-ortho nitro benzene ring substituents is 1. The highest BCUT2D eigenvalue weighted by Crippen LogP contribution is 2.30. The number of hydrogen-bond acceptors (Lipinski definition) is 8. The van der Waals surface area contributed by atoms with E-state index in [0.717, 1.165) is 22.1 Å². The van der Waals surface area contributed by atoms with Crippen molar-refractivity contribution in [2.75, 3.05) is 26.1 Å². The molecule has 1 amide bonds. The summed E-state index contributed by atoms with van der Waals surface area (Å²) in [4.78, 5) is 41.0. The molecule has 0 aliphatic carbocycles. The minimum absolute atomic E-state index is 0.0864. The van der Waals surface area contributed by atoms with Crippen LogP contribution in [0.4, 0.5) is 11.4 Å². The smallest absolute Gasteiger partial charge is 0.339 e. The summed E-state index contributed by atoms with van der Waals surface area (Å²) in [5.41, 5.74) is 2.06. The highest BCUT2D eigenvalue weighted by Gasteiger charge is 2.18. The second-order valence-electron chi connectivity index (χ2n) is 8.77. The van der Waals surface area contributed by atoms with Gasteiger partial charge in [-0.25, -0.2) is 9.78 Å². The summed E-state index contributed by atoms with van der Waals surface area (Å²) in [5.74, 6) is -0.423. The van der Waals surface area contributed by atoms with Crippen molar-refractivity contribution in [2.24, 2.45) is 0 Å². The molecule has 0 saturated carbocycles. The van der Waals surface area contributed by atoms with Crippen molar-refractivity contribution in [3.05, 3.63) is 101 Å². The number of nitrogens with zero attached hydrogens (tertiary/aromatic N) is 2. The van der Waals surface area contributed by atoms with Gasteiger partial charge in [-0.2, -0.15) is 0 Å². The van der Waals surface area contributed by atoms with Crippen LogP contribution >= 0.6 is 0 Å². The number of carbonyl (C=O) groups is 2. The largest absolute Gasteiger partial charge is 0.497 e. The number of methoxy groups -OCH3 is 2. The first-order valence-electron chi connectivity index (χ1n) is 12.1. The Balaban J connectivity index is 1.40. The average Bonchev–Trinajstić information content (AvgIpc) is 2.98. The van der Waals surface area contributed by atoms with Crippen molar-refractivity contribution in [2.45, 2.75) is 0 Å². The van der Waals surface area contributed by atoms with E-state index in [0.29, 0.717) is 16.6 Å². The van der Waals surface area contributed by atoms with Gasteiger partial charge in [0.2, 0.25) is 0 Å². The lowest BCUT2D eigenvalue weighted by atomic mass is 10.0. The molecular formula is C30H23N3O7. The molecule has 200 valence electrons. The van der Waals surface area contributed by atoms with Gasteiger partial charge in [-0.15, -0.1) is 0 Å². The molecule has 1 heterocycles. The van der Waals surface area contributed by atoms with Gasteiger partial charge in [0.1, 0.15) is 11.5 Å². The van der Waals surface area contributed by atoms with Crippen LogP contribution in [-0.4, -0.2) is 42.6 Å². The lowest BCUT2D eigenvalue weighted by molar-refractivity contribution is -0.384. The second kappa shape index (κ2) is 11.1. The van der Waals surface area contributed by atoms with Gasteiger partial charge < -0.3 is 19.5 Å². The zero-order valence-corrected chi connectivity index (χ0v) is 21.5. The number of para-hydroxylation sites is 1. The SMILES string of the molecule is COc1ccc2cc(-c3cc(C(=O)OCC(=O)Nc4cc([N+](=O)[O-])ccc4OC)c4ccccc4n3)ccc2c1. The fourth-order valence-electron chi connectivity index (χ4n) is 4.30. The minimum Gasteiger partial charge on any atom is -0.497 e. The van der Waals surface area contributed by atoms with E-state index in [2.05, 4.69) is 5.32 Å². The number of carbonyl (C=O) groups excluding carboxylic acids is 2. The van der Waals surface area contributed by atoms with E-state index < -0.39 is 23.4 Å². The number of hydrogen-bond donors (Lipinski definition) is 1. The number of fused-ring (bicyclic) bond motifs is 2. The normalized spacial score (nSPS) is 10.8. The van der Waals surface area contributed by atoms with Gasteiger partial charge in [0.15, 0.2) is 6.61 Å². The number of pyridine rings is 1. The van der Waals surface area contributed by atoms with Gasteiger partial charge in [0.05, 0.1) is 41.6 Å². The fraction of sp³-hybridized carbons (Fsp3) is 0.100. The maximum absolute atomic E-state index is 13.2. The van der Waals surface area contributed by atoms with Crippen LogP contribution in [0.25, 0.3) is 32.9 Å². The van der Waals surface area contributed by atoms with E-state index in [1.165, 1.54) is 25.3 Å². The van der Waals surface area contributed by atoms with Gasteiger partial charge in [0, 0.05) is 23.1 Å². The number of benzene rings is 4. The number of ether oxygens (including phenoxy) is 3. The molecule has 0 aliphatic heterocycles. The van der Waals surface area contributed by atoms with Crippen molar-refractivity contribution >= 4 is 44.9 Å². The predicted molar refractivity (Wildman–Crippen MR) is 150 cm³/mol. The summed E-state index contributed by atoms with van der Waals surface area (Å²) in [5, 5.41) is 16.2. The Kier molecular flexibility index (Phi) is 7.23. The monoisotopic (exact) mass is 537 g/mol. The number of aromatic nitrogens is 1. The topological polar surface area (TPSA) is 130 Å². The molecule has 1 N–H and O–H groups in total. The van der Waals surface area contributed by atoms with Crippen LogP contribution in [0, 0.1) is 10.1 Å². The minimum atomic E-state index is -0.716. The highest BCUT2D eigenvalue weighted by atomic mass is 16.6. The number of esters is 1. The number of rotatable bonds is 8. The Morgan fingerprint density at radius 3 is 2.45 bits per heavy atom. The molecule has 40 heavy (non-hydrogen) atoms. The van der Waals surface area contributed by atoms with Gasteiger partial charge in [-0.1, -0.05) is 36.4 Å². The number of nitrogens with one attached hydrogen (secondary N) is 1. The number of nitro groups is 1. The van der Waals surface area contributed by atoms with Gasteiger partial charge in [-0.05, 0) is 47.2 Å². The molecule has 0 atom stereocenters. The Labute approximate surface area is 228 Å². The highest BCUT2D eigenvalue weighted by molar-refractivity contribution is 6.06. The van der Waals surface area contributed by atoms with Crippen molar-refractivity contribution in [1.82, 2.24) is 4.98 Å². The predicted octanol–water partition coefficient (Wildman–Crippen LogP) is 5.78. The third-order valence-electron chi connectivity index (χ3n) is 6.28. The fourth-order valence-corrected chi connectivity index (χ4v) is 4.30. The lowest BCUT2D eigenvalue weighted by Crippen LogP contribution is -2.21. The van der Waals surface area contributed by atoms with E-state index in [1.54, 1.807) is 31.4 Å². The molecule has 1 aromatic heterocycles. The Hall–Kier alpha value is -5.51. The number of amides is 1. The maximum Gasteiger partial charge on any atom is 0.339 e. The number of nitro benzene ring substituents is 1. The van der Waals surface area contributed by atoms with E-state index in [4.69, 9.17) is 19.2 Å². The molecule has 5 aromatic rings. The second-order valence-corrected chi connectivity index (χ2v) is 8.77. The molecular weight excluding hydrogens is 514 g/mol. The van der Waals surface area contributed by atoms with Crippen molar-refractivity contribution in [3.8, 4) is 22.8 Å². The van der Waals surface area contributed by atoms with Crippen molar-refractivity contribution in [1.29, 1.82) is 0 Å². The first-order valence-corrected chi connectivity index (χ1v) is 12.1. The van der Waals surface area contributed by atoms with E-state index in [-0.39, 0.29) is 22.7 Å². The Morgan fingerprint density at radius 2 is 1.68 bits per heavy atom. The quantitative estimate of drug-likeness (QED) is 0.150. The molecule has 0 spiro atoms. The first-order chi connectivity index (χ1) is 19.4. The first kappa shape index (κ1) is 26.1. The third-order valence-corrected chi connectivity index (χ3v) is 6.28. The van der Waals surface area contributed by atoms with Crippen LogP contribution in [0.3, 0.4) is 0 Å². The van der Waals surface area contributed by atoms with Gasteiger partial charge in [-0.3, -0.25) is 14.9 Å². The van der Waals surface area contributed by atoms with Crippen LogP contribution < -0.4 is 14.8 Å². The summed E-state index contributed by atoms with van der Waals surface area (Å²) in [6.45, 7) is -0.617. The zero-order chi connectivity index (χ0) is 28.2. The van der Waals surface area contributed by atoms with Crippen molar-refractivity contribution < 1.29 is 28.7 Å². The molecule has 0 bridgehead atoms. The standard InChI is InChI=1S/C30H23N3O7/c1-38-22-11-9-18-13-20(8-7-19(18)14-22)26-16-24(23-5-3-4-6-25(23)31-26)30(35)40-17-29(34)32-27-15-21(33(36)37)10-12-28(27)39-2/h3-16H,17H2,1-2H3,(H,32,34). The Morgan fingerprint density at radius 1 is 0.900 bits per heavy atom. The van der Waals surface area contributed by atoms with Gasteiger partial charge in [0.25, 0.3) is 11.6 Å². The van der Waals surface area contributed by atoms with Crippen LogP contribution in [0.1, 0.15) is 10.4 Å². The average molecular weight is 538 g/mol. The molecule has 0 radical (unpaired) electrons. The zero-order valence-electron chi connectivity index (χ0n) is 21.5. The summed E-state index contributed by atoms with van der Waals surface area (Å²) < 4.78 is 15.8. The van der Waals surface area contributed by atoms with E-state index in [1.807, 2.05) is 42.5 Å². The molecule has 0 fully saturated rings. The molecule has 10 heteroatoms. The van der Waals surface area contributed by atoms with Crippen LogP contribution in [0.5, 0.6) is 11.5 Å². The summed E-state index contributed by atoms with van der Waals surface area (Å²) in [7, 11) is 2.98. The van der Waals surface area contributed by atoms with Gasteiger partial charge >= 0.3 is 5.97 Å². The molecule has 10 nitrogen and oxygen atoms in total. The summed E-state index contributed by atoms with van der Waals surface area (Å²) >= 11 is 0. The van der Waals surface area contributed by atoms with Crippen LogP contribution in [-0.2, 0) is 9.53 Å². The Bertz CT molecular complexity index is 1790. The lowest BCUT2D eigenvalue weighted by Gasteiger charge is -2.12. The summed E-state index contributed by atoms with van der Waals surface area (Å²) in [6, 6.07) is 24.2. The molecule has 0 unspecified atom stereocenters. The van der Waals surface area contributed by atoms with Crippen molar-refractivity contribution in [3.63, 3.8) is 0 Å². The van der Waals surface area contributed by atoms with Crippen LogP contribution in [0.2, 0.25) is 0 Å². The molecule has 0 aliphatic rings. The molecule has 0 saturated heterocycles. The molecule has 4 aromatic carbocycles. The van der Waals surface area contributed by atoms with E-state index >= 15 is 0 Å². The number of anilines is 1. The summed E-state index contributed by atoms with van der Waals surface area (Å²) in [6.07, 6.45) is 0. The third kappa shape index (κ3) is 5.37. The van der Waals surface area contributed by atoms with E-state index in [9.17, 15) is 19.7 Å². The molecule has 5 rings (SSSR count).